The number of nitrogens with zero attached hydrogens (tertiary/aromatic N) is 3. The van der Waals surface area contributed by atoms with Gasteiger partial charge in [-0.2, -0.15) is 5.26 Å². The molecule has 3 aromatic rings. The van der Waals surface area contributed by atoms with Crippen molar-refractivity contribution in [3.8, 4) is 6.07 Å². The predicted molar refractivity (Wildman–Crippen MR) is 129 cm³/mol. The number of amides is 1. The first-order chi connectivity index (χ1) is 16.0. The molecule has 1 fully saturated rings. The maximum absolute atomic E-state index is 13.2. The van der Waals surface area contributed by atoms with Crippen LogP contribution in [-0.2, 0) is 6.54 Å². The molecule has 2 atom stereocenters. The summed E-state index contributed by atoms with van der Waals surface area (Å²) in [4.78, 5) is 27.8. The third-order valence-corrected chi connectivity index (χ3v) is 6.75. The van der Waals surface area contributed by atoms with Crippen molar-refractivity contribution in [2.75, 3.05) is 13.1 Å². The van der Waals surface area contributed by atoms with E-state index in [1.807, 2.05) is 52.0 Å². The summed E-state index contributed by atoms with van der Waals surface area (Å²) in [5, 5.41) is 9.70. The minimum absolute atomic E-state index is 0.00946. The van der Waals surface area contributed by atoms with Gasteiger partial charge in [0.1, 0.15) is 0 Å². The lowest BCUT2D eigenvalue weighted by molar-refractivity contribution is 0.0594. The van der Waals surface area contributed by atoms with Gasteiger partial charge in [-0.3, -0.25) is 9.59 Å². The Kier molecular flexibility index (Phi) is 5.62. The van der Waals surface area contributed by atoms with Crippen LogP contribution < -0.4 is 5.56 Å². The topological polar surface area (TPSA) is 66.1 Å². The van der Waals surface area contributed by atoms with Gasteiger partial charge in [0.25, 0.3) is 11.5 Å². The van der Waals surface area contributed by atoms with E-state index >= 15 is 0 Å². The van der Waals surface area contributed by atoms with Crippen LogP contribution in [0.5, 0.6) is 0 Å². The fourth-order valence-electron chi connectivity index (χ4n) is 4.98. The quantitative estimate of drug-likeness (QED) is 0.569. The minimum Gasteiger partial charge on any atom is -0.338 e. The number of nitriles is 1. The molecule has 1 aromatic heterocycles. The highest BCUT2D eigenvalue weighted by Gasteiger charge is 2.37. The molecular weight excluding hydrogens is 434 g/mol. The van der Waals surface area contributed by atoms with E-state index in [1.54, 1.807) is 30.3 Å². The van der Waals surface area contributed by atoms with E-state index in [9.17, 15) is 9.59 Å². The molecule has 1 saturated heterocycles. The van der Waals surface area contributed by atoms with E-state index in [1.165, 1.54) is 0 Å². The second kappa shape index (κ2) is 8.73. The van der Waals surface area contributed by atoms with Gasteiger partial charge in [0.05, 0.1) is 11.6 Å². The average Bonchev–Trinajstić information content (AvgIpc) is 2.84. The molecule has 5 nitrogen and oxygen atoms in total. The Balaban J connectivity index is 1.45. The van der Waals surface area contributed by atoms with Gasteiger partial charge in [-0.05, 0) is 65.9 Å². The normalized spacial score (nSPS) is 19.2. The monoisotopic (exact) mass is 455 g/mol. The van der Waals surface area contributed by atoms with Gasteiger partial charge in [0.15, 0.2) is 0 Å². The smallest absolute Gasteiger partial charge is 0.253 e. The highest BCUT2D eigenvalue weighted by atomic mass is 35.5. The third kappa shape index (κ3) is 4.22. The van der Waals surface area contributed by atoms with Crippen molar-refractivity contribution in [1.82, 2.24) is 9.47 Å². The van der Waals surface area contributed by atoms with Crippen molar-refractivity contribution in [3.63, 3.8) is 0 Å². The van der Waals surface area contributed by atoms with E-state index < -0.39 is 0 Å². The van der Waals surface area contributed by atoms with Crippen LogP contribution in [0.4, 0.5) is 0 Å². The second-order valence-electron chi connectivity index (χ2n) is 8.71. The van der Waals surface area contributed by atoms with Gasteiger partial charge in [0, 0.05) is 47.9 Å². The highest BCUT2D eigenvalue weighted by molar-refractivity contribution is 6.30. The molecule has 0 N–H and O–H groups in total. The van der Waals surface area contributed by atoms with Gasteiger partial charge in [-0.25, -0.2) is 0 Å². The Morgan fingerprint density at radius 3 is 2.45 bits per heavy atom. The summed E-state index contributed by atoms with van der Waals surface area (Å²) in [6.45, 7) is 1.82. The lowest BCUT2D eigenvalue weighted by atomic mass is 9.81. The maximum atomic E-state index is 13.2. The molecular formula is C27H22ClN3O2. The lowest BCUT2D eigenvalue weighted by Crippen LogP contribution is -2.49. The van der Waals surface area contributed by atoms with Crippen molar-refractivity contribution in [2.24, 2.45) is 5.92 Å². The molecule has 0 spiro atoms. The van der Waals surface area contributed by atoms with E-state index in [-0.39, 0.29) is 23.3 Å². The zero-order valence-electron chi connectivity index (χ0n) is 17.9. The first-order valence-electron chi connectivity index (χ1n) is 11.0. The lowest BCUT2D eigenvalue weighted by Gasteiger charge is -2.43. The number of carbonyl (C=O) groups excluding carboxylic acids is 1. The number of aromatic nitrogens is 1. The Labute approximate surface area is 197 Å². The average molecular weight is 456 g/mol. The van der Waals surface area contributed by atoms with Crippen LogP contribution in [0.25, 0.3) is 12.2 Å². The number of likely N-dealkylation sites (tertiary alicyclic amines) is 1. The van der Waals surface area contributed by atoms with Crippen LogP contribution in [-0.4, -0.2) is 28.5 Å². The van der Waals surface area contributed by atoms with Crippen LogP contribution >= 0.6 is 11.6 Å². The molecule has 5 rings (SSSR count). The van der Waals surface area contributed by atoms with Crippen LogP contribution in [0, 0.1) is 17.2 Å². The second-order valence-corrected chi connectivity index (χ2v) is 9.14. The van der Waals surface area contributed by atoms with E-state index in [0.717, 1.165) is 23.2 Å². The van der Waals surface area contributed by atoms with Crippen molar-refractivity contribution >= 4 is 29.7 Å². The molecule has 2 bridgehead atoms. The van der Waals surface area contributed by atoms with Gasteiger partial charge in [-0.1, -0.05) is 35.9 Å². The molecule has 0 aliphatic carbocycles. The molecule has 1 amide bonds. The van der Waals surface area contributed by atoms with Gasteiger partial charge in [0.2, 0.25) is 0 Å². The first kappa shape index (κ1) is 21.2. The Bertz CT molecular complexity index is 1330. The van der Waals surface area contributed by atoms with Crippen LogP contribution in [0.3, 0.4) is 0 Å². The zero-order valence-corrected chi connectivity index (χ0v) is 18.7. The number of piperidine rings is 1. The summed E-state index contributed by atoms with van der Waals surface area (Å²) in [5.74, 6) is 0.310. The Morgan fingerprint density at radius 2 is 1.73 bits per heavy atom. The third-order valence-electron chi connectivity index (χ3n) is 6.50. The summed E-state index contributed by atoms with van der Waals surface area (Å²) < 4.78 is 1.89. The summed E-state index contributed by atoms with van der Waals surface area (Å²) in [7, 11) is 0. The SMILES string of the molecule is N#Cc1ccc(C(=O)N2C[C@@H]3C[C@@H](C2)c2c(C=Cc4ccc(Cl)cc4)ccc(=O)n2C3)cc1. The van der Waals surface area contributed by atoms with E-state index in [0.29, 0.717) is 35.8 Å². The fourth-order valence-corrected chi connectivity index (χ4v) is 5.11. The summed E-state index contributed by atoms with van der Waals surface area (Å²) in [6.07, 6.45) is 5.02. The molecule has 0 radical (unpaired) electrons. The highest BCUT2D eigenvalue weighted by Crippen LogP contribution is 2.37. The van der Waals surface area contributed by atoms with Crippen molar-refractivity contribution < 1.29 is 4.79 Å². The van der Waals surface area contributed by atoms with Gasteiger partial charge < -0.3 is 9.47 Å². The van der Waals surface area contributed by atoms with E-state index in [2.05, 4.69) is 6.07 Å². The zero-order chi connectivity index (χ0) is 22.9. The van der Waals surface area contributed by atoms with Crippen molar-refractivity contribution in [1.29, 1.82) is 5.26 Å². The molecule has 2 aromatic carbocycles. The number of hydrogen-bond donors (Lipinski definition) is 0. The minimum atomic E-state index is -0.0285. The number of carbonyl (C=O) groups is 1. The summed E-state index contributed by atoms with van der Waals surface area (Å²) in [5.41, 5.74) is 4.16. The number of rotatable bonds is 3. The van der Waals surface area contributed by atoms with Gasteiger partial charge in [-0.15, -0.1) is 0 Å². The number of pyridine rings is 1. The number of fused-ring (bicyclic) bond motifs is 4. The van der Waals surface area contributed by atoms with Crippen molar-refractivity contribution in [3.05, 3.63) is 104 Å². The Hall–Kier alpha value is -3.62. The van der Waals surface area contributed by atoms with Crippen LogP contribution in [0.15, 0.2) is 65.5 Å². The molecule has 33 heavy (non-hydrogen) atoms. The molecule has 3 heterocycles. The molecule has 2 aliphatic heterocycles. The summed E-state index contributed by atoms with van der Waals surface area (Å²) >= 11 is 5.99. The fraction of sp³-hybridized carbons (Fsp3) is 0.222. The number of halogens is 1. The largest absolute Gasteiger partial charge is 0.338 e. The van der Waals surface area contributed by atoms with Crippen LogP contribution in [0.2, 0.25) is 5.02 Å². The number of hydrogen-bond acceptors (Lipinski definition) is 3. The molecule has 2 aliphatic rings. The van der Waals surface area contributed by atoms with Crippen molar-refractivity contribution in [2.45, 2.75) is 18.9 Å². The molecule has 0 unspecified atom stereocenters. The van der Waals surface area contributed by atoms with E-state index in [4.69, 9.17) is 16.9 Å². The Morgan fingerprint density at radius 1 is 0.970 bits per heavy atom. The van der Waals surface area contributed by atoms with Gasteiger partial charge >= 0.3 is 0 Å². The summed E-state index contributed by atoms with van der Waals surface area (Å²) in [6, 6.07) is 20.0. The molecule has 6 heteroatoms. The molecule has 164 valence electrons. The predicted octanol–water partition coefficient (Wildman–Crippen LogP) is 4.80. The molecule has 0 saturated carbocycles. The maximum Gasteiger partial charge on any atom is 0.253 e. The van der Waals surface area contributed by atoms with Crippen LogP contribution in [0.1, 0.15) is 45.1 Å². The first-order valence-corrected chi connectivity index (χ1v) is 11.4. The standard InChI is InChI=1S/C27H22ClN3O2/c28-24-10-4-18(5-11-24)1-6-21-9-12-25(32)31-16-20-13-23(26(21)31)17-30(15-20)27(33)22-7-2-19(14-29)3-8-22/h1-12,20,23H,13,15-17H2/t20-,23-/m0/s1. The number of benzene rings is 2.